The van der Waals surface area contributed by atoms with E-state index in [0.717, 1.165) is 13.0 Å². The van der Waals surface area contributed by atoms with E-state index in [1.807, 2.05) is 18.3 Å². The summed E-state index contributed by atoms with van der Waals surface area (Å²) in [7, 11) is 0. The van der Waals surface area contributed by atoms with Crippen molar-refractivity contribution in [3.63, 3.8) is 0 Å². The van der Waals surface area contributed by atoms with Gasteiger partial charge in [-0.3, -0.25) is 14.3 Å². The van der Waals surface area contributed by atoms with Crippen molar-refractivity contribution in [3.8, 4) is 0 Å². The van der Waals surface area contributed by atoms with Gasteiger partial charge in [0.15, 0.2) is 5.69 Å². The summed E-state index contributed by atoms with van der Waals surface area (Å²) in [5.41, 5.74) is 1.64. The molecule has 8 heteroatoms. The van der Waals surface area contributed by atoms with Gasteiger partial charge in [-0.2, -0.15) is 5.10 Å². The Labute approximate surface area is 155 Å². The summed E-state index contributed by atoms with van der Waals surface area (Å²) in [6.07, 6.45) is 2.10. The SMILES string of the molecule is O=C(NCCCn1ccc2ccccc21)c1cc2n(n1)CC(O)CNC2=O. The number of carbonyl (C=O) groups is 2. The van der Waals surface area contributed by atoms with Crippen molar-refractivity contribution in [1.29, 1.82) is 0 Å². The van der Waals surface area contributed by atoms with E-state index >= 15 is 0 Å². The molecule has 0 bridgehead atoms. The molecule has 3 heterocycles. The Morgan fingerprint density at radius 1 is 1.33 bits per heavy atom. The maximum atomic E-state index is 12.3. The minimum Gasteiger partial charge on any atom is -0.389 e. The number of hydrogen-bond acceptors (Lipinski definition) is 4. The van der Waals surface area contributed by atoms with Crippen molar-refractivity contribution >= 4 is 22.7 Å². The number of amides is 2. The van der Waals surface area contributed by atoms with Gasteiger partial charge in [0.25, 0.3) is 11.8 Å². The van der Waals surface area contributed by atoms with Crippen LogP contribution < -0.4 is 10.6 Å². The molecular formula is C19H21N5O3. The lowest BCUT2D eigenvalue weighted by Crippen LogP contribution is -2.30. The zero-order valence-electron chi connectivity index (χ0n) is 14.8. The third-order valence-corrected chi connectivity index (χ3v) is 4.67. The number of aromatic nitrogens is 3. The summed E-state index contributed by atoms with van der Waals surface area (Å²) >= 11 is 0. The number of nitrogens with one attached hydrogen (secondary N) is 2. The molecule has 1 aliphatic rings. The van der Waals surface area contributed by atoms with Crippen LogP contribution in [0.3, 0.4) is 0 Å². The number of aliphatic hydroxyl groups is 1. The van der Waals surface area contributed by atoms with E-state index in [-0.39, 0.29) is 36.3 Å². The molecular weight excluding hydrogens is 346 g/mol. The quantitative estimate of drug-likeness (QED) is 0.580. The molecule has 2 aromatic heterocycles. The van der Waals surface area contributed by atoms with Gasteiger partial charge >= 0.3 is 0 Å². The fraction of sp³-hybridized carbons (Fsp3) is 0.316. The van der Waals surface area contributed by atoms with Crippen molar-refractivity contribution in [2.75, 3.05) is 13.1 Å². The second kappa shape index (κ2) is 7.24. The molecule has 2 amide bonds. The van der Waals surface area contributed by atoms with Crippen molar-refractivity contribution < 1.29 is 14.7 Å². The lowest BCUT2D eigenvalue weighted by Gasteiger charge is -2.07. The summed E-state index contributed by atoms with van der Waals surface area (Å²) in [5.74, 6) is -0.659. The topological polar surface area (TPSA) is 101 Å². The van der Waals surface area contributed by atoms with E-state index in [0.29, 0.717) is 6.54 Å². The van der Waals surface area contributed by atoms with Crippen LogP contribution in [0.4, 0.5) is 0 Å². The highest BCUT2D eigenvalue weighted by molar-refractivity contribution is 5.98. The minimum absolute atomic E-state index is 0.178. The highest BCUT2D eigenvalue weighted by Gasteiger charge is 2.24. The van der Waals surface area contributed by atoms with Gasteiger partial charge in [-0.25, -0.2) is 0 Å². The second-order valence-electron chi connectivity index (χ2n) is 6.64. The number of rotatable bonds is 5. The highest BCUT2D eigenvalue weighted by atomic mass is 16.3. The van der Waals surface area contributed by atoms with E-state index in [1.54, 1.807) is 0 Å². The Bertz CT molecular complexity index is 990. The Hall–Kier alpha value is -3.13. The molecule has 0 spiro atoms. The summed E-state index contributed by atoms with van der Waals surface area (Å²) in [5, 5.41) is 20.6. The Kier molecular flexibility index (Phi) is 4.64. The summed E-state index contributed by atoms with van der Waals surface area (Å²) in [6, 6.07) is 11.7. The molecule has 1 aliphatic heterocycles. The van der Waals surface area contributed by atoms with Crippen molar-refractivity contribution in [2.24, 2.45) is 0 Å². The summed E-state index contributed by atoms with van der Waals surface area (Å²) < 4.78 is 3.54. The fourth-order valence-electron chi connectivity index (χ4n) is 3.29. The lowest BCUT2D eigenvalue weighted by molar-refractivity contribution is 0.0931. The number of hydrogen-bond donors (Lipinski definition) is 3. The molecule has 4 rings (SSSR count). The molecule has 1 aromatic carbocycles. The molecule has 140 valence electrons. The van der Waals surface area contributed by atoms with E-state index < -0.39 is 6.10 Å². The first kappa shape index (κ1) is 17.3. The van der Waals surface area contributed by atoms with Gasteiger partial charge in [0.1, 0.15) is 5.69 Å². The van der Waals surface area contributed by atoms with Crippen LogP contribution in [0.25, 0.3) is 10.9 Å². The maximum absolute atomic E-state index is 12.3. The number of benzene rings is 1. The van der Waals surface area contributed by atoms with Gasteiger partial charge < -0.3 is 20.3 Å². The van der Waals surface area contributed by atoms with Crippen molar-refractivity contribution in [3.05, 3.63) is 54.0 Å². The van der Waals surface area contributed by atoms with Crippen molar-refractivity contribution in [2.45, 2.75) is 25.6 Å². The van der Waals surface area contributed by atoms with Crippen LogP contribution in [0, 0.1) is 0 Å². The average Bonchev–Trinajstić information content (AvgIpc) is 3.24. The molecule has 0 fully saturated rings. The maximum Gasteiger partial charge on any atom is 0.271 e. The van der Waals surface area contributed by atoms with Gasteiger partial charge in [-0.1, -0.05) is 18.2 Å². The van der Waals surface area contributed by atoms with Gasteiger partial charge in [0.05, 0.1) is 12.6 Å². The molecule has 0 radical (unpaired) electrons. The standard InChI is InChI=1S/C19H21N5O3/c25-14-11-21-19(27)17-10-15(22-24(17)12-14)18(26)20-7-3-8-23-9-6-13-4-1-2-5-16(13)23/h1-2,4-6,9-10,14,25H,3,7-8,11-12H2,(H,20,26)(H,21,27). The Morgan fingerprint density at radius 3 is 3.07 bits per heavy atom. The molecule has 3 N–H and O–H groups in total. The van der Waals surface area contributed by atoms with E-state index in [1.165, 1.54) is 21.7 Å². The minimum atomic E-state index is -0.720. The van der Waals surface area contributed by atoms with E-state index in [2.05, 4.69) is 38.5 Å². The normalized spacial score (nSPS) is 16.6. The van der Waals surface area contributed by atoms with Crippen LogP contribution in [-0.4, -0.2) is 50.5 Å². The van der Waals surface area contributed by atoms with Crippen LogP contribution >= 0.6 is 0 Å². The summed E-state index contributed by atoms with van der Waals surface area (Å²) in [4.78, 5) is 24.3. The highest BCUT2D eigenvalue weighted by Crippen LogP contribution is 2.15. The van der Waals surface area contributed by atoms with Crippen molar-refractivity contribution in [1.82, 2.24) is 25.0 Å². The number of β-amino-alcohol motifs (C(OH)–C–C–N with tert-alkyl or cyclic N) is 1. The van der Waals surface area contributed by atoms with Gasteiger partial charge in [-0.15, -0.1) is 0 Å². The summed E-state index contributed by atoms with van der Waals surface area (Å²) in [6.45, 7) is 1.66. The van der Waals surface area contributed by atoms with Crippen LogP contribution in [-0.2, 0) is 13.1 Å². The number of aliphatic hydroxyl groups excluding tert-OH is 1. The zero-order chi connectivity index (χ0) is 18.8. The number of carbonyl (C=O) groups excluding carboxylic acids is 2. The zero-order valence-corrected chi connectivity index (χ0v) is 14.8. The number of nitrogens with zero attached hydrogens (tertiary/aromatic N) is 3. The van der Waals surface area contributed by atoms with Crippen LogP contribution in [0.15, 0.2) is 42.6 Å². The van der Waals surface area contributed by atoms with Crippen LogP contribution in [0.2, 0.25) is 0 Å². The third kappa shape index (κ3) is 3.56. The molecule has 27 heavy (non-hydrogen) atoms. The first-order valence-electron chi connectivity index (χ1n) is 8.98. The lowest BCUT2D eigenvalue weighted by atomic mass is 10.2. The number of para-hydroxylation sites is 1. The molecule has 0 saturated carbocycles. The van der Waals surface area contributed by atoms with Gasteiger partial charge in [0, 0.05) is 37.4 Å². The van der Waals surface area contributed by atoms with E-state index in [9.17, 15) is 14.7 Å². The number of fused-ring (bicyclic) bond motifs is 2. The van der Waals surface area contributed by atoms with Gasteiger partial charge in [0.2, 0.25) is 0 Å². The predicted molar refractivity (Wildman–Crippen MR) is 99.5 cm³/mol. The monoisotopic (exact) mass is 367 g/mol. The Morgan fingerprint density at radius 2 is 2.19 bits per heavy atom. The molecule has 0 saturated heterocycles. The third-order valence-electron chi connectivity index (χ3n) is 4.67. The number of aryl methyl sites for hydroxylation is 1. The van der Waals surface area contributed by atoms with E-state index in [4.69, 9.17) is 0 Å². The second-order valence-corrected chi connectivity index (χ2v) is 6.64. The first-order valence-corrected chi connectivity index (χ1v) is 8.98. The molecule has 1 atom stereocenters. The Balaban J connectivity index is 1.34. The first-order chi connectivity index (χ1) is 13.1. The predicted octanol–water partition coefficient (Wildman–Crippen LogP) is 0.762. The average molecular weight is 367 g/mol. The molecule has 8 nitrogen and oxygen atoms in total. The van der Waals surface area contributed by atoms with Gasteiger partial charge in [-0.05, 0) is 23.9 Å². The van der Waals surface area contributed by atoms with Crippen LogP contribution in [0.5, 0.6) is 0 Å². The molecule has 3 aromatic rings. The smallest absolute Gasteiger partial charge is 0.271 e. The molecule has 0 aliphatic carbocycles. The molecule has 1 unspecified atom stereocenters. The fourth-order valence-corrected chi connectivity index (χ4v) is 3.29. The van der Waals surface area contributed by atoms with Crippen LogP contribution in [0.1, 0.15) is 27.4 Å². The largest absolute Gasteiger partial charge is 0.389 e.